The maximum absolute atomic E-state index is 5.77. The van der Waals surface area contributed by atoms with E-state index < -0.39 is 0 Å². The van der Waals surface area contributed by atoms with E-state index in [2.05, 4.69) is 25.7 Å². The molecule has 0 amide bonds. The maximum Gasteiger partial charge on any atom is 0.129 e. The molecule has 0 unspecified atom stereocenters. The standard InChI is InChI=1S/C14H22N2OS/c1-4-16(11(2)3)9-10-17-13-8-6-5-7-12(13)14(15)18/h5-8,11H,4,9-10H2,1-3H3,(H2,15,18). The second-order valence-corrected chi connectivity index (χ2v) is 4.87. The van der Waals surface area contributed by atoms with Gasteiger partial charge in [0, 0.05) is 12.6 Å². The topological polar surface area (TPSA) is 38.5 Å². The lowest BCUT2D eigenvalue weighted by molar-refractivity contribution is 0.183. The number of thiocarbonyl (C=S) groups is 1. The van der Waals surface area contributed by atoms with Crippen molar-refractivity contribution < 1.29 is 4.74 Å². The summed E-state index contributed by atoms with van der Waals surface area (Å²) in [6, 6.07) is 8.16. The van der Waals surface area contributed by atoms with E-state index in [9.17, 15) is 0 Å². The highest BCUT2D eigenvalue weighted by Gasteiger charge is 2.08. The summed E-state index contributed by atoms with van der Waals surface area (Å²) >= 11 is 5.00. The molecule has 0 aromatic heterocycles. The second-order valence-electron chi connectivity index (χ2n) is 4.43. The van der Waals surface area contributed by atoms with Crippen LogP contribution < -0.4 is 10.5 Å². The van der Waals surface area contributed by atoms with Gasteiger partial charge in [-0.1, -0.05) is 31.3 Å². The van der Waals surface area contributed by atoms with Crippen LogP contribution in [0.1, 0.15) is 26.3 Å². The molecule has 2 N–H and O–H groups in total. The number of ether oxygens (including phenoxy) is 1. The van der Waals surface area contributed by atoms with Crippen molar-refractivity contribution in [2.75, 3.05) is 19.7 Å². The van der Waals surface area contributed by atoms with E-state index in [1.165, 1.54) is 0 Å². The van der Waals surface area contributed by atoms with Gasteiger partial charge in [0.2, 0.25) is 0 Å². The van der Waals surface area contributed by atoms with Crippen LogP contribution in [0.15, 0.2) is 24.3 Å². The average molecular weight is 266 g/mol. The van der Waals surface area contributed by atoms with Gasteiger partial charge < -0.3 is 10.5 Å². The third-order valence-electron chi connectivity index (χ3n) is 2.93. The molecule has 0 fully saturated rings. The summed E-state index contributed by atoms with van der Waals surface area (Å²) in [5.41, 5.74) is 6.47. The van der Waals surface area contributed by atoms with Crippen LogP contribution in [0.5, 0.6) is 5.75 Å². The van der Waals surface area contributed by atoms with Crippen molar-refractivity contribution in [3.05, 3.63) is 29.8 Å². The number of likely N-dealkylation sites (N-methyl/N-ethyl adjacent to an activating group) is 1. The largest absolute Gasteiger partial charge is 0.492 e. The Kier molecular flexibility index (Phi) is 6.09. The molecule has 0 bridgehead atoms. The molecule has 4 heteroatoms. The highest BCUT2D eigenvalue weighted by molar-refractivity contribution is 7.80. The van der Waals surface area contributed by atoms with Crippen LogP contribution in [-0.4, -0.2) is 35.6 Å². The van der Waals surface area contributed by atoms with E-state index in [1.807, 2.05) is 24.3 Å². The van der Waals surface area contributed by atoms with E-state index in [0.29, 0.717) is 17.6 Å². The van der Waals surface area contributed by atoms with Gasteiger partial charge in [-0.15, -0.1) is 0 Å². The number of hydrogen-bond donors (Lipinski definition) is 1. The minimum atomic E-state index is 0.377. The van der Waals surface area contributed by atoms with Gasteiger partial charge in [0.15, 0.2) is 0 Å². The fraction of sp³-hybridized carbons (Fsp3) is 0.500. The van der Waals surface area contributed by atoms with E-state index >= 15 is 0 Å². The summed E-state index contributed by atoms with van der Waals surface area (Å²) in [7, 11) is 0. The highest BCUT2D eigenvalue weighted by Crippen LogP contribution is 2.17. The lowest BCUT2D eigenvalue weighted by Crippen LogP contribution is -2.34. The van der Waals surface area contributed by atoms with Crippen molar-refractivity contribution in [2.24, 2.45) is 5.73 Å². The Labute approximate surface area is 115 Å². The van der Waals surface area contributed by atoms with Crippen molar-refractivity contribution in [3.8, 4) is 5.75 Å². The normalized spacial score (nSPS) is 10.9. The maximum atomic E-state index is 5.77. The van der Waals surface area contributed by atoms with Crippen LogP contribution in [-0.2, 0) is 0 Å². The Balaban J connectivity index is 2.56. The molecule has 1 aromatic carbocycles. The van der Waals surface area contributed by atoms with Gasteiger partial charge in [0.1, 0.15) is 17.3 Å². The predicted octanol–water partition coefficient (Wildman–Crippen LogP) is 2.43. The summed E-state index contributed by atoms with van der Waals surface area (Å²) in [4.78, 5) is 2.73. The van der Waals surface area contributed by atoms with Crippen LogP contribution in [0.25, 0.3) is 0 Å². The first-order valence-corrected chi connectivity index (χ1v) is 6.72. The van der Waals surface area contributed by atoms with Gasteiger partial charge in [-0.05, 0) is 32.5 Å². The lowest BCUT2D eigenvalue weighted by Gasteiger charge is -2.24. The summed E-state index contributed by atoms with van der Waals surface area (Å²) in [6.07, 6.45) is 0. The third kappa shape index (κ3) is 4.27. The molecule has 0 aliphatic rings. The smallest absolute Gasteiger partial charge is 0.129 e. The van der Waals surface area contributed by atoms with Crippen molar-refractivity contribution >= 4 is 17.2 Å². The zero-order chi connectivity index (χ0) is 13.5. The van der Waals surface area contributed by atoms with Crippen LogP contribution >= 0.6 is 12.2 Å². The van der Waals surface area contributed by atoms with E-state index in [1.54, 1.807) is 0 Å². The first kappa shape index (κ1) is 14.9. The summed E-state index contributed by atoms with van der Waals surface area (Å²) in [5, 5.41) is 0. The van der Waals surface area contributed by atoms with Crippen molar-refractivity contribution in [2.45, 2.75) is 26.8 Å². The summed E-state index contributed by atoms with van der Waals surface area (Å²) in [6.45, 7) is 9.10. The van der Waals surface area contributed by atoms with Gasteiger partial charge in [-0.25, -0.2) is 0 Å². The molecule has 0 spiro atoms. The number of rotatable bonds is 7. The number of benzene rings is 1. The van der Waals surface area contributed by atoms with Crippen molar-refractivity contribution in [1.29, 1.82) is 0 Å². The molecule has 0 saturated heterocycles. The van der Waals surface area contributed by atoms with Gasteiger partial charge in [-0.2, -0.15) is 0 Å². The monoisotopic (exact) mass is 266 g/mol. The molecule has 0 saturated carbocycles. The fourth-order valence-corrected chi connectivity index (χ4v) is 2.02. The van der Waals surface area contributed by atoms with Gasteiger partial charge >= 0.3 is 0 Å². The molecule has 100 valence electrons. The molecule has 18 heavy (non-hydrogen) atoms. The zero-order valence-electron chi connectivity index (χ0n) is 11.3. The highest BCUT2D eigenvalue weighted by atomic mass is 32.1. The Morgan fingerprint density at radius 1 is 1.39 bits per heavy atom. The first-order chi connectivity index (χ1) is 8.56. The van der Waals surface area contributed by atoms with Gasteiger partial charge in [0.25, 0.3) is 0 Å². The van der Waals surface area contributed by atoms with Gasteiger partial charge in [-0.3, -0.25) is 4.90 Å². The molecule has 0 radical (unpaired) electrons. The Bertz CT molecular complexity index is 393. The molecular formula is C14H22N2OS. The Morgan fingerprint density at radius 3 is 2.61 bits per heavy atom. The lowest BCUT2D eigenvalue weighted by atomic mass is 10.2. The van der Waals surface area contributed by atoms with Crippen molar-refractivity contribution in [1.82, 2.24) is 4.90 Å². The van der Waals surface area contributed by atoms with E-state index in [4.69, 9.17) is 22.7 Å². The zero-order valence-corrected chi connectivity index (χ0v) is 12.2. The molecule has 0 aliphatic heterocycles. The molecule has 1 rings (SSSR count). The summed E-state index contributed by atoms with van der Waals surface area (Å²) < 4.78 is 5.77. The molecule has 0 heterocycles. The predicted molar refractivity (Wildman–Crippen MR) is 80.2 cm³/mol. The molecule has 0 atom stereocenters. The Hall–Kier alpha value is -1.13. The third-order valence-corrected chi connectivity index (χ3v) is 3.14. The minimum Gasteiger partial charge on any atom is -0.492 e. The van der Waals surface area contributed by atoms with Crippen LogP contribution in [0.3, 0.4) is 0 Å². The van der Waals surface area contributed by atoms with E-state index in [0.717, 1.165) is 24.4 Å². The molecule has 3 nitrogen and oxygen atoms in total. The first-order valence-electron chi connectivity index (χ1n) is 6.32. The average Bonchev–Trinajstić information content (AvgIpc) is 2.34. The van der Waals surface area contributed by atoms with Crippen LogP contribution in [0.2, 0.25) is 0 Å². The van der Waals surface area contributed by atoms with Crippen LogP contribution in [0, 0.1) is 0 Å². The molecular weight excluding hydrogens is 244 g/mol. The SMILES string of the molecule is CCN(CCOc1ccccc1C(N)=S)C(C)C. The van der Waals surface area contributed by atoms with Crippen molar-refractivity contribution in [3.63, 3.8) is 0 Å². The quantitative estimate of drug-likeness (QED) is 0.769. The number of para-hydroxylation sites is 1. The van der Waals surface area contributed by atoms with E-state index in [-0.39, 0.29) is 0 Å². The number of nitrogens with two attached hydrogens (primary N) is 1. The Morgan fingerprint density at radius 2 is 2.06 bits per heavy atom. The second kappa shape index (κ2) is 7.34. The molecule has 1 aromatic rings. The number of nitrogens with zero attached hydrogens (tertiary/aromatic N) is 1. The van der Waals surface area contributed by atoms with Gasteiger partial charge in [0.05, 0.1) is 5.56 Å². The summed E-state index contributed by atoms with van der Waals surface area (Å²) in [5.74, 6) is 0.768. The minimum absolute atomic E-state index is 0.377. The number of hydrogen-bond acceptors (Lipinski definition) is 3. The fourth-order valence-electron chi connectivity index (χ4n) is 1.85. The van der Waals surface area contributed by atoms with Crippen LogP contribution in [0.4, 0.5) is 0 Å². The molecule has 0 aliphatic carbocycles.